The van der Waals surface area contributed by atoms with Gasteiger partial charge in [0, 0.05) is 18.8 Å². The molecule has 8 nitrogen and oxygen atoms in total. The van der Waals surface area contributed by atoms with Gasteiger partial charge in [0.05, 0.1) is 26.4 Å². The first-order valence-electron chi connectivity index (χ1n) is 9.07. The SMILES string of the molecule is C=CC(=O)OCC(COCCOCCCOOC(F)(F)/C(F)=C(F)/C(F)=C/F)OC(=O)C=C. The zero-order valence-corrected chi connectivity index (χ0v) is 17.2. The first kappa shape index (κ1) is 30.3. The lowest BCUT2D eigenvalue weighted by Gasteiger charge is -2.17. The minimum absolute atomic E-state index is 0.00983. The largest absolute Gasteiger partial charge is 0.458 e. The third kappa shape index (κ3) is 13.5. The van der Waals surface area contributed by atoms with Gasteiger partial charge in [-0.15, -0.1) is 0 Å². The monoisotopic (exact) mass is 492 g/mol. The van der Waals surface area contributed by atoms with Crippen molar-refractivity contribution >= 4 is 11.9 Å². The molecule has 0 saturated heterocycles. The van der Waals surface area contributed by atoms with Gasteiger partial charge in [0.1, 0.15) is 12.9 Å². The topological polar surface area (TPSA) is 89.5 Å². The average molecular weight is 492 g/mol. The Bertz CT molecular complexity index is 710. The fraction of sp³-hybridized carbons (Fsp3) is 0.474. The Labute approximate surface area is 184 Å². The molecule has 0 aromatic carbocycles. The van der Waals surface area contributed by atoms with E-state index >= 15 is 0 Å². The van der Waals surface area contributed by atoms with Gasteiger partial charge >= 0.3 is 18.0 Å². The standard InChI is InChI=1S/C19H22F6O8/c1-3-15(26)30-12-13(32-16(27)4-2)11-29-9-8-28-6-5-7-31-33-19(24,25)18(23)17(22)14(21)10-20/h3-4,10,13H,1-2,5-9,11-12H2/b14-10-,18-17+. The summed E-state index contributed by atoms with van der Waals surface area (Å²) >= 11 is 0. The number of carbonyl (C=O) groups excluding carboxylic acids is 2. The maximum Gasteiger partial charge on any atom is 0.437 e. The summed E-state index contributed by atoms with van der Waals surface area (Å²) in [5.41, 5.74) is 0. The molecule has 0 aliphatic carbocycles. The molecule has 0 aromatic rings. The molecule has 0 N–H and O–H groups in total. The maximum absolute atomic E-state index is 13.1. The average Bonchev–Trinajstić information content (AvgIpc) is 2.81. The molecule has 0 bridgehead atoms. The second-order valence-corrected chi connectivity index (χ2v) is 5.65. The number of ether oxygens (including phenoxy) is 4. The zero-order valence-electron chi connectivity index (χ0n) is 17.2. The van der Waals surface area contributed by atoms with Crippen LogP contribution in [0.25, 0.3) is 0 Å². The van der Waals surface area contributed by atoms with Crippen LogP contribution in [0.5, 0.6) is 0 Å². The summed E-state index contributed by atoms with van der Waals surface area (Å²) in [7, 11) is 0. The Morgan fingerprint density at radius 1 is 0.909 bits per heavy atom. The van der Waals surface area contributed by atoms with Crippen LogP contribution in [0.3, 0.4) is 0 Å². The van der Waals surface area contributed by atoms with Crippen LogP contribution < -0.4 is 0 Å². The maximum atomic E-state index is 13.1. The molecule has 1 atom stereocenters. The van der Waals surface area contributed by atoms with Crippen LogP contribution >= 0.6 is 0 Å². The molecule has 0 fully saturated rings. The molecule has 14 heteroatoms. The molecular formula is C19H22F6O8. The van der Waals surface area contributed by atoms with Crippen molar-refractivity contribution in [1.82, 2.24) is 0 Å². The Morgan fingerprint density at radius 3 is 2.15 bits per heavy atom. The van der Waals surface area contributed by atoms with Crippen molar-refractivity contribution in [3.8, 4) is 0 Å². The highest BCUT2D eigenvalue weighted by Gasteiger charge is 2.42. The number of rotatable bonds is 18. The van der Waals surface area contributed by atoms with E-state index in [1.165, 1.54) is 0 Å². The fourth-order valence-electron chi connectivity index (χ4n) is 1.65. The van der Waals surface area contributed by atoms with E-state index in [-0.39, 0.29) is 39.5 Å². The number of hydrogen-bond acceptors (Lipinski definition) is 8. The Hall–Kier alpha value is -2.68. The lowest BCUT2D eigenvalue weighted by Crippen LogP contribution is -2.29. The van der Waals surface area contributed by atoms with Gasteiger partial charge in [0.25, 0.3) is 0 Å². The van der Waals surface area contributed by atoms with E-state index in [9.17, 15) is 35.9 Å². The molecule has 0 rings (SSSR count). The highest BCUT2D eigenvalue weighted by molar-refractivity contribution is 5.82. The summed E-state index contributed by atoms with van der Waals surface area (Å²) in [6.07, 6.45) is -5.14. The van der Waals surface area contributed by atoms with E-state index in [0.29, 0.717) is 0 Å². The summed E-state index contributed by atoms with van der Waals surface area (Å²) in [4.78, 5) is 29.7. The van der Waals surface area contributed by atoms with Crippen molar-refractivity contribution < 1.29 is 64.7 Å². The highest BCUT2D eigenvalue weighted by atomic mass is 19.3. The van der Waals surface area contributed by atoms with Gasteiger partial charge in [-0.2, -0.15) is 18.1 Å². The van der Waals surface area contributed by atoms with Gasteiger partial charge in [-0.25, -0.2) is 27.6 Å². The van der Waals surface area contributed by atoms with Crippen molar-refractivity contribution in [2.75, 3.05) is 39.6 Å². The number of hydrogen-bond donors (Lipinski definition) is 0. The Morgan fingerprint density at radius 2 is 1.55 bits per heavy atom. The van der Waals surface area contributed by atoms with Gasteiger partial charge in [-0.05, 0) is 6.42 Å². The third-order valence-electron chi connectivity index (χ3n) is 3.14. The molecule has 0 radical (unpaired) electrons. The fourth-order valence-corrected chi connectivity index (χ4v) is 1.65. The predicted molar refractivity (Wildman–Crippen MR) is 99.0 cm³/mol. The molecule has 0 aliphatic heterocycles. The van der Waals surface area contributed by atoms with Crippen molar-refractivity contribution in [3.63, 3.8) is 0 Å². The lowest BCUT2D eigenvalue weighted by atomic mass is 10.4. The summed E-state index contributed by atoms with van der Waals surface area (Å²) in [6, 6.07) is 0. The number of allylic oxidation sites excluding steroid dienone is 2. The van der Waals surface area contributed by atoms with Crippen molar-refractivity contribution in [2.24, 2.45) is 0 Å². The van der Waals surface area contributed by atoms with E-state index in [1.54, 1.807) is 0 Å². The third-order valence-corrected chi connectivity index (χ3v) is 3.14. The molecule has 0 amide bonds. The molecule has 0 saturated carbocycles. The van der Waals surface area contributed by atoms with Crippen LogP contribution in [-0.4, -0.2) is 63.8 Å². The van der Waals surface area contributed by atoms with Crippen LogP contribution in [0.15, 0.2) is 49.1 Å². The number of esters is 2. The highest BCUT2D eigenvalue weighted by Crippen LogP contribution is 2.33. The first-order chi connectivity index (χ1) is 15.6. The second-order valence-electron chi connectivity index (χ2n) is 5.65. The Kier molecular flexibility index (Phi) is 15.5. The second kappa shape index (κ2) is 16.9. The van der Waals surface area contributed by atoms with E-state index in [1.807, 2.05) is 0 Å². The minimum atomic E-state index is -4.98. The summed E-state index contributed by atoms with van der Waals surface area (Å²) in [5.74, 6) is -9.73. The van der Waals surface area contributed by atoms with Crippen LogP contribution in [0.1, 0.15) is 6.42 Å². The van der Waals surface area contributed by atoms with E-state index in [4.69, 9.17) is 18.9 Å². The number of carbonyl (C=O) groups is 2. The lowest BCUT2D eigenvalue weighted by molar-refractivity contribution is -0.429. The van der Waals surface area contributed by atoms with E-state index in [2.05, 4.69) is 22.9 Å². The number of alkyl halides is 2. The van der Waals surface area contributed by atoms with Gasteiger partial charge in [0.15, 0.2) is 11.9 Å². The zero-order chi connectivity index (χ0) is 25.3. The molecule has 0 aliphatic rings. The van der Waals surface area contributed by atoms with Gasteiger partial charge < -0.3 is 18.9 Å². The van der Waals surface area contributed by atoms with Crippen LogP contribution in [0, 0.1) is 0 Å². The van der Waals surface area contributed by atoms with Gasteiger partial charge in [-0.3, -0.25) is 0 Å². The summed E-state index contributed by atoms with van der Waals surface area (Å²) < 4.78 is 96.2. The first-order valence-corrected chi connectivity index (χ1v) is 9.07. The van der Waals surface area contributed by atoms with Crippen LogP contribution in [0.4, 0.5) is 26.3 Å². The molecule has 33 heavy (non-hydrogen) atoms. The smallest absolute Gasteiger partial charge is 0.437 e. The predicted octanol–water partition coefficient (Wildman–Crippen LogP) is 3.71. The Balaban J connectivity index is 4.07. The molecule has 1 unspecified atom stereocenters. The van der Waals surface area contributed by atoms with Crippen LogP contribution in [0.2, 0.25) is 0 Å². The van der Waals surface area contributed by atoms with E-state index in [0.717, 1.165) is 12.2 Å². The molecule has 0 spiro atoms. The van der Waals surface area contributed by atoms with Crippen molar-refractivity contribution in [2.45, 2.75) is 18.6 Å². The van der Waals surface area contributed by atoms with Crippen molar-refractivity contribution in [3.05, 3.63) is 49.1 Å². The quantitative estimate of drug-likeness (QED) is 0.0544. The van der Waals surface area contributed by atoms with E-state index < -0.39 is 54.6 Å². The van der Waals surface area contributed by atoms with Gasteiger partial charge in [0.2, 0.25) is 11.7 Å². The molecule has 0 heterocycles. The van der Waals surface area contributed by atoms with Crippen molar-refractivity contribution in [1.29, 1.82) is 0 Å². The van der Waals surface area contributed by atoms with Gasteiger partial charge in [-0.1, -0.05) is 13.2 Å². The summed E-state index contributed by atoms with van der Waals surface area (Å²) in [5, 5.41) is 0. The molecule has 0 aromatic heterocycles. The molecule has 188 valence electrons. The minimum Gasteiger partial charge on any atom is -0.458 e. The summed E-state index contributed by atoms with van der Waals surface area (Å²) in [6.45, 7) is 5.45. The normalized spacial score (nSPS) is 13.7. The molecular weight excluding hydrogens is 470 g/mol. The number of halogens is 6. The van der Waals surface area contributed by atoms with Crippen LogP contribution in [-0.2, 0) is 38.3 Å².